The number of aromatic amines is 1. The molecular weight excluding hydrogens is 577 g/mol. The molecule has 230 valence electrons. The number of likely N-dealkylation sites (N-methyl/N-ethyl adjacent to an activating group) is 1. The number of ether oxygens (including phenoxy) is 2. The number of pyridine rings is 2. The van der Waals surface area contributed by atoms with Gasteiger partial charge in [-0.25, -0.2) is 13.8 Å². The summed E-state index contributed by atoms with van der Waals surface area (Å²) < 4.78 is 84.2. The first kappa shape index (κ1) is 30.4. The third kappa shape index (κ3) is 6.64. The smallest absolute Gasteiger partial charge is 0.417 e. The number of anilines is 2. The number of benzene rings is 1. The Hall–Kier alpha value is -4.04. The van der Waals surface area contributed by atoms with Crippen molar-refractivity contribution in [1.82, 2.24) is 14.9 Å². The average molecular weight is 608 g/mol. The number of amides is 1. The van der Waals surface area contributed by atoms with Crippen molar-refractivity contribution in [2.45, 2.75) is 38.1 Å². The molecule has 2 saturated heterocycles. The lowest BCUT2D eigenvalue weighted by Crippen LogP contribution is -2.50. The summed E-state index contributed by atoms with van der Waals surface area (Å²) in [5.41, 5.74) is -4.51. The topological polar surface area (TPSA) is 99.8 Å². The van der Waals surface area contributed by atoms with Gasteiger partial charge in [-0.05, 0) is 20.0 Å². The quantitative estimate of drug-likeness (QED) is 0.393. The van der Waals surface area contributed by atoms with Crippen LogP contribution in [-0.2, 0) is 10.9 Å². The zero-order valence-corrected chi connectivity index (χ0v) is 23.4. The fraction of sp³-hybridized carbons (Fsp3) is 0.414. The minimum atomic E-state index is -5.04. The monoisotopic (exact) mass is 607 g/mol. The Morgan fingerprint density at radius 2 is 1.91 bits per heavy atom. The summed E-state index contributed by atoms with van der Waals surface area (Å²) in [6.45, 7) is 4.23. The molecule has 0 aliphatic carbocycles. The maximum atomic E-state index is 16.3. The summed E-state index contributed by atoms with van der Waals surface area (Å²) >= 11 is 0. The second-order valence-electron chi connectivity index (χ2n) is 10.6. The largest absolute Gasteiger partial charge is 0.474 e. The fourth-order valence-electron chi connectivity index (χ4n) is 5.14. The van der Waals surface area contributed by atoms with Crippen LogP contribution in [0.2, 0.25) is 0 Å². The van der Waals surface area contributed by atoms with Crippen molar-refractivity contribution in [3.05, 3.63) is 69.8 Å². The Balaban J connectivity index is 1.54. The number of nitrogens with zero attached hydrogens (tertiary/aromatic N) is 3. The molecule has 2 aliphatic rings. The lowest BCUT2D eigenvalue weighted by molar-refractivity contribution is -0.138. The number of rotatable bonds is 6. The first-order valence-electron chi connectivity index (χ1n) is 13.7. The summed E-state index contributed by atoms with van der Waals surface area (Å²) in [7, 11) is 1.90. The lowest BCUT2D eigenvalue weighted by Gasteiger charge is -2.39. The van der Waals surface area contributed by atoms with E-state index in [-0.39, 0.29) is 35.3 Å². The molecular formula is C29H30F5N5O4. The van der Waals surface area contributed by atoms with Crippen LogP contribution >= 0.6 is 0 Å². The van der Waals surface area contributed by atoms with Crippen LogP contribution in [0.15, 0.2) is 41.5 Å². The van der Waals surface area contributed by atoms with Crippen LogP contribution in [0.4, 0.5) is 33.3 Å². The Morgan fingerprint density at radius 1 is 1.16 bits per heavy atom. The number of aromatic nitrogens is 2. The van der Waals surface area contributed by atoms with Gasteiger partial charge in [-0.2, -0.15) is 13.2 Å². The average Bonchev–Trinajstić information content (AvgIpc) is 2.97. The Bertz CT molecular complexity index is 1540. The Morgan fingerprint density at radius 3 is 2.56 bits per heavy atom. The van der Waals surface area contributed by atoms with Crippen LogP contribution in [0.5, 0.6) is 5.88 Å². The van der Waals surface area contributed by atoms with E-state index in [2.05, 4.69) is 10.3 Å². The maximum Gasteiger partial charge on any atom is 0.417 e. The summed E-state index contributed by atoms with van der Waals surface area (Å²) in [5, 5.41) is 2.24. The molecule has 3 aromatic rings. The first-order chi connectivity index (χ1) is 20.4. The lowest BCUT2D eigenvalue weighted by atomic mass is 10.0. The van der Waals surface area contributed by atoms with Gasteiger partial charge in [-0.3, -0.25) is 9.59 Å². The Labute approximate surface area is 243 Å². The van der Waals surface area contributed by atoms with Crippen LogP contribution in [0.1, 0.15) is 35.7 Å². The third-order valence-corrected chi connectivity index (χ3v) is 7.69. The molecule has 1 atom stereocenters. The standard InChI is InChI=1S/C29H30F5N5O4/c1-16-15-39(8-7-38(16)2)22-12-21(30)25(17-3-4-24(36-13-17)43-18-5-9-42-10-6-18)26(31)27(22)37-28(41)19-14-35-23(40)11-20(19)29(32,33)34/h3-4,11-14,16,18H,5-10,15H2,1-2H3,(H,35,40)(H,37,41)/t16-/m0/s1. The van der Waals surface area contributed by atoms with Crippen LogP contribution in [0.25, 0.3) is 11.1 Å². The van der Waals surface area contributed by atoms with Crippen LogP contribution in [0, 0.1) is 11.6 Å². The normalized spacial score (nSPS) is 18.5. The summed E-state index contributed by atoms with van der Waals surface area (Å²) in [6, 6.07) is 4.16. The highest BCUT2D eigenvalue weighted by atomic mass is 19.4. The number of nitrogens with one attached hydrogen (secondary N) is 2. The van der Waals surface area contributed by atoms with Crippen molar-refractivity contribution in [1.29, 1.82) is 0 Å². The molecule has 1 aromatic carbocycles. The van der Waals surface area contributed by atoms with Crippen molar-refractivity contribution in [3.63, 3.8) is 0 Å². The number of halogens is 5. The molecule has 2 aliphatic heterocycles. The molecule has 1 amide bonds. The second-order valence-corrected chi connectivity index (χ2v) is 10.6. The maximum absolute atomic E-state index is 16.3. The molecule has 0 radical (unpaired) electrons. The van der Waals surface area contributed by atoms with E-state index in [9.17, 15) is 22.8 Å². The molecule has 0 saturated carbocycles. The van der Waals surface area contributed by atoms with E-state index in [1.807, 2.05) is 23.9 Å². The molecule has 2 aromatic heterocycles. The molecule has 5 rings (SSSR count). The van der Waals surface area contributed by atoms with Crippen LogP contribution < -0.4 is 20.5 Å². The number of hydrogen-bond acceptors (Lipinski definition) is 7. The SMILES string of the molecule is C[C@H]1CN(c2cc(F)c(-c3ccc(OC4CCOCC4)nc3)c(F)c2NC(=O)c2c[nH]c(=O)cc2C(F)(F)F)CCN1C. The van der Waals surface area contributed by atoms with Gasteiger partial charge in [0.15, 0.2) is 5.82 Å². The van der Waals surface area contributed by atoms with Gasteiger partial charge in [0.25, 0.3) is 5.91 Å². The first-order valence-corrected chi connectivity index (χ1v) is 13.7. The van der Waals surface area contributed by atoms with Gasteiger partial charge in [0.1, 0.15) is 17.6 Å². The number of carbonyl (C=O) groups excluding carboxylic acids is 1. The highest BCUT2D eigenvalue weighted by Crippen LogP contribution is 2.40. The van der Waals surface area contributed by atoms with Crippen LogP contribution in [0.3, 0.4) is 0 Å². The molecule has 2 N–H and O–H groups in total. The Kier molecular flexibility index (Phi) is 8.69. The minimum Gasteiger partial charge on any atom is -0.474 e. The molecule has 43 heavy (non-hydrogen) atoms. The van der Waals surface area contributed by atoms with E-state index in [0.717, 1.165) is 6.07 Å². The highest BCUT2D eigenvalue weighted by Gasteiger charge is 2.37. The van der Waals surface area contributed by atoms with Gasteiger partial charge in [-0.1, -0.05) is 0 Å². The molecule has 9 nitrogen and oxygen atoms in total. The molecule has 4 heterocycles. The molecule has 2 fully saturated rings. The molecule has 0 bridgehead atoms. The van der Waals surface area contributed by atoms with Crippen molar-refractivity contribution in [3.8, 4) is 17.0 Å². The fourth-order valence-corrected chi connectivity index (χ4v) is 5.14. The zero-order chi connectivity index (χ0) is 30.9. The number of H-pyrrole nitrogens is 1. The van der Waals surface area contributed by atoms with Crippen LogP contribution in [-0.4, -0.2) is 72.8 Å². The van der Waals surface area contributed by atoms with E-state index in [4.69, 9.17) is 9.47 Å². The zero-order valence-electron chi connectivity index (χ0n) is 23.4. The van der Waals surface area contributed by atoms with Crippen molar-refractivity contribution < 1.29 is 36.2 Å². The van der Waals surface area contributed by atoms with Crippen molar-refractivity contribution in [2.24, 2.45) is 0 Å². The van der Waals surface area contributed by atoms with E-state index in [1.54, 1.807) is 4.90 Å². The molecule has 0 unspecified atom stereocenters. The van der Waals surface area contributed by atoms with E-state index >= 15 is 8.78 Å². The van der Waals surface area contributed by atoms with Crippen molar-refractivity contribution in [2.75, 3.05) is 50.1 Å². The number of piperazine rings is 1. The highest BCUT2D eigenvalue weighted by molar-refractivity contribution is 6.07. The number of carbonyl (C=O) groups is 1. The third-order valence-electron chi connectivity index (χ3n) is 7.69. The minimum absolute atomic E-state index is 0.0217. The summed E-state index contributed by atoms with van der Waals surface area (Å²) in [4.78, 5) is 34.7. The van der Waals surface area contributed by atoms with Gasteiger partial charge in [0.05, 0.1) is 35.6 Å². The predicted molar refractivity (Wildman–Crippen MR) is 148 cm³/mol. The summed E-state index contributed by atoms with van der Waals surface area (Å²) in [5.74, 6) is -3.21. The number of alkyl halides is 3. The summed E-state index contributed by atoms with van der Waals surface area (Å²) in [6.07, 6.45) is -1.96. The second kappa shape index (κ2) is 12.3. The molecule has 14 heteroatoms. The van der Waals surface area contributed by atoms with Gasteiger partial charge in [0.2, 0.25) is 11.4 Å². The van der Waals surface area contributed by atoms with E-state index < -0.39 is 51.7 Å². The van der Waals surface area contributed by atoms with Gasteiger partial charge in [0, 0.05) is 74.7 Å². The van der Waals surface area contributed by atoms with E-state index in [0.29, 0.717) is 51.9 Å². The predicted octanol–water partition coefficient (Wildman–Crippen LogP) is 4.68. The van der Waals surface area contributed by atoms with Crippen molar-refractivity contribution >= 4 is 17.3 Å². The van der Waals surface area contributed by atoms with Gasteiger partial charge < -0.3 is 29.6 Å². The number of hydrogen-bond donors (Lipinski definition) is 2. The van der Waals surface area contributed by atoms with Gasteiger partial charge >= 0.3 is 6.18 Å². The van der Waals surface area contributed by atoms with Gasteiger partial charge in [-0.15, -0.1) is 0 Å². The van der Waals surface area contributed by atoms with E-state index in [1.165, 1.54) is 18.3 Å². The molecule has 0 spiro atoms.